The Bertz CT molecular complexity index is 1390. The molecule has 1 aromatic carbocycles. The summed E-state index contributed by atoms with van der Waals surface area (Å²) in [5.74, 6) is 0.795. The SMILES string of the molecule is C=CCn1cc(-c2cn(C(C)c3ccccc3)c3cc(-c4c(C)noc4C)cnc23)cn1. The van der Waals surface area contributed by atoms with Crippen molar-refractivity contribution in [1.82, 2.24) is 24.5 Å². The van der Waals surface area contributed by atoms with Gasteiger partial charge in [-0.2, -0.15) is 5.10 Å². The fourth-order valence-electron chi connectivity index (χ4n) is 4.32. The van der Waals surface area contributed by atoms with Gasteiger partial charge in [0.1, 0.15) is 5.76 Å². The number of hydrogen-bond donors (Lipinski definition) is 0. The normalized spacial score (nSPS) is 12.3. The van der Waals surface area contributed by atoms with Crippen molar-refractivity contribution < 1.29 is 4.52 Å². The van der Waals surface area contributed by atoms with E-state index in [-0.39, 0.29) is 6.04 Å². The van der Waals surface area contributed by atoms with E-state index in [0.717, 1.165) is 44.7 Å². The zero-order valence-corrected chi connectivity index (χ0v) is 18.5. The number of aromatic nitrogens is 5. The maximum Gasteiger partial charge on any atom is 0.141 e. The van der Waals surface area contributed by atoms with E-state index in [4.69, 9.17) is 9.51 Å². The van der Waals surface area contributed by atoms with Crippen LogP contribution in [0.25, 0.3) is 33.3 Å². The number of nitrogens with zero attached hydrogens (tertiary/aromatic N) is 5. The average molecular weight is 424 g/mol. The number of pyridine rings is 1. The molecule has 0 bridgehead atoms. The monoisotopic (exact) mass is 423 g/mol. The molecular weight excluding hydrogens is 398 g/mol. The number of benzene rings is 1. The first-order chi connectivity index (χ1) is 15.6. The minimum absolute atomic E-state index is 0.136. The Morgan fingerprint density at radius 3 is 2.62 bits per heavy atom. The van der Waals surface area contributed by atoms with Crippen molar-refractivity contribution in [2.45, 2.75) is 33.4 Å². The molecule has 1 unspecified atom stereocenters. The number of rotatable bonds is 6. The van der Waals surface area contributed by atoms with Crippen molar-refractivity contribution in [1.29, 1.82) is 0 Å². The summed E-state index contributed by atoms with van der Waals surface area (Å²) in [5.41, 5.74) is 8.20. The van der Waals surface area contributed by atoms with Crippen molar-refractivity contribution in [3.63, 3.8) is 0 Å². The molecule has 0 fully saturated rings. The Hall–Kier alpha value is -3.93. The van der Waals surface area contributed by atoms with Gasteiger partial charge in [0.2, 0.25) is 0 Å². The van der Waals surface area contributed by atoms with Gasteiger partial charge in [0, 0.05) is 40.8 Å². The fraction of sp³-hybridized carbons (Fsp3) is 0.192. The second-order valence-electron chi connectivity index (χ2n) is 8.07. The van der Waals surface area contributed by atoms with Gasteiger partial charge in [-0.3, -0.25) is 9.67 Å². The second-order valence-corrected chi connectivity index (χ2v) is 8.07. The summed E-state index contributed by atoms with van der Waals surface area (Å²) in [6.45, 7) is 10.6. The first-order valence-electron chi connectivity index (χ1n) is 10.7. The lowest BCUT2D eigenvalue weighted by atomic mass is 10.0. The standard InChI is InChI=1S/C26H25N5O/c1-5-11-30-15-22(14-28-30)23-16-31(18(3)20-9-7-6-8-10-20)24-12-21(13-27-26(23)24)25-17(2)29-32-19(25)4/h5-10,12-16,18H,1,11H2,2-4H3. The quantitative estimate of drug-likeness (QED) is 0.316. The molecule has 0 N–H and O–H groups in total. The van der Waals surface area contributed by atoms with Crippen LogP contribution in [0.1, 0.15) is 30.0 Å². The van der Waals surface area contributed by atoms with Gasteiger partial charge in [-0.25, -0.2) is 0 Å². The van der Waals surface area contributed by atoms with Crippen LogP contribution in [0.2, 0.25) is 0 Å². The van der Waals surface area contributed by atoms with Crippen molar-refractivity contribution >= 4 is 11.0 Å². The van der Waals surface area contributed by atoms with Crippen molar-refractivity contribution in [2.24, 2.45) is 0 Å². The van der Waals surface area contributed by atoms with Gasteiger partial charge in [-0.15, -0.1) is 6.58 Å². The Kier molecular flexibility index (Phi) is 4.98. The minimum Gasteiger partial charge on any atom is -0.361 e. The molecule has 4 aromatic heterocycles. The first kappa shape index (κ1) is 20.0. The predicted octanol–water partition coefficient (Wildman–Crippen LogP) is 5.97. The molecule has 1 atom stereocenters. The summed E-state index contributed by atoms with van der Waals surface area (Å²) in [7, 11) is 0. The number of aryl methyl sites for hydroxylation is 2. The maximum atomic E-state index is 5.41. The van der Waals surface area contributed by atoms with Crippen LogP contribution in [-0.2, 0) is 6.54 Å². The lowest BCUT2D eigenvalue weighted by Gasteiger charge is -2.16. The van der Waals surface area contributed by atoms with Gasteiger partial charge in [-0.1, -0.05) is 41.6 Å². The molecule has 6 nitrogen and oxygen atoms in total. The Morgan fingerprint density at radius 2 is 1.91 bits per heavy atom. The third-order valence-electron chi connectivity index (χ3n) is 5.95. The van der Waals surface area contributed by atoms with E-state index in [0.29, 0.717) is 6.54 Å². The van der Waals surface area contributed by atoms with E-state index in [1.54, 1.807) is 0 Å². The first-order valence-corrected chi connectivity index (χ1v) is 10.7. The van der Waals surface area contributed by atoms with Crippen LogP contribution in [0.5, 0.6) is 0 Å². The van der Waals surface area contributed by atoms with Crippen LogP contribution in [0.4, 0.5) is 0 Å². The lowest BCUT2D eigenvalue weighted by Crippen LogP contribution is -2.05. The highest BCUT2D eigenvalue weighted by Crippen LogP contribution is 2.36. The zero-order valence-electron chi connectivity index (χ0n) is 18.5. The summed E-state index contributed by atoms with van der Waals surface area (Å²) in [4.78, 5) is 4.90. The Morgan fingerprint density at radius 1 is 1.09 bits per heavy atom. The van der Waals surface area contributed by atoms with Gasteiger partial charge >= 0.3 is 0 Å². The van der Waals surface area contributed by atoms with E-state index >= 15 is 0 Å². The molecule has 0 aliphatic rings. The molecule has 0 amide bonds. The number of allylic oxidation sites excluding steroid dienone is 1. The van der Waals surface area contributed by atoms with Crippen LogP contribution >= 0.6 is 0 Å². The molecule has 5 rings (SSSR count). The van der Waals surface area contributed by atoms with E-state index in [2.05, 4.69) is 64.9 Å². The summed E-state index contributed by atoms with van der Waals surface area (Å²) < 4.78 is 9.58. The molecule has 4 heterocycles. The highest BCUT2D eigenvalue weighted by atomic mass is 16.5. The van der Waals surface area contributed by atoms with Gasteiger partial charge < -0.3 is 9.09 Å². The van der Waals surface area contributed by atoms with Crippen LogP contribution in [0, 0.1) is 13.8 Å². The maximum absolute atomic E-state index is 5.41. The van der Waals surface area contributed by atoms with E-state index < -0.39 is 0 Å². The third kappa shape index (κ3) is 3.34. The van der Waals surface area contributed by atoms with E-state index in [1.165, 1.54) is 5.56 Å². The van der Waals surface area contributed by atoms with E-state index in [9.17, 15) is 0 Å². The number of hydrogen-bond acceptors (Lipinski definition) is 4. The number of fused-ring (bicyclic) bond motifs is 1. The summed E-state index contributed by atoms with van der Waals surface area (Å²) in [5, 5.41) is 8.59. The Labute approximate surface area is 186 Å². The minimum atomic E-state index is 0.136. The Balaban J connectivity index is 1.72. The lowest BCUT2D eigenvalue weighted by molar-refractivity contribution is 0.393. The molecule has 5 aromatic rings. The van der Waals surface area contributed by atoms with Crippen molar-refractivity contribution in [3.8, 4) is 22.3 Å². The average Bonchev–Trinajstić information content (AvgIpc) is 3.51. The second kappa shape index (κ2) is 7.96. The summed E-state index contributed by atoms with van der Waals surface area (Å²) in [6, 6.07) is 12.8. The molecule has 0 aliphatic heterocycles. The molecule has 6 heteroatoms. The molecule has 160 valence electrons. The molecule has 32 heavy (non-hydrogen) atoms. The summed E-state index contributed by atoms with van der Waals surface area (Å²) >= 11 is 0. The molecule has 0 spiro atoms. The molecule has 0 saturated heterocycles. The molecule has 0 saturated carbocycles. The van der Waals surface area contributed by atoms with Crippen molar-refractivity contribution in [2.75, 3.05) is 0 Å². The molecular formula is C26H25N5O. The third-order valence-corrected chi connectivity index (χ3v) is 5.95. The topological polar surface area (TPSA) is 61.7 Å². The molecule has 0 radical (unpaired) electrons. The van der Waals surface area contributed by atoms with Crippen LogP contribution < -0.4 is 0 Å². The van der Waals surface area contributed by atoms with Gasteiger partial charge in [0.25, 0.3) is 0 Å². The van der Waals surface area contributed by atoms with E-state index in [1.807, 2.05) is 49.3 Å². The van der Waals surface area contributed by atoms with Crippen molar-refractivity contribution in [3.05, 3.63) is 90.9 Å². The highest BCUT2D eigenvalue weighted by Gasteiger charge is 2.20. The molecule has 0 aliphatic carbocycles. The highest BCUT2D eigenvalue weighted by molar-refractivity contribution is 5.95. The van der Waals surface area contributed by atoms with Crippen LogP contribution in [-0.4, -0.2) is 24.5 Å². The predicted molar refractivity (Wildman–Crippen MR) is 126 cm³/mol. The fourth-order valence-corrected chi connectivity index (χ4v) is 4.32. The summed E-state index contributed by atoms with van der Waals surface area (Å²) in [6.07, 6.45) is 9.86. The largest absolute Gasteiger partial charge is 0.361 e. The van der Waals surface area contributed by atoms with Gasteiger partial charge in [-0.05, 0) is 32.4 Å². The smallest absolute Gasteiger partial charge is 0.141 e. The zero-order chi connectivity index (χ0) is 22.2. The van der Waals surface area contributed by atoms with Crippen LogP contribution in [0.15, 0.2) is 78.4 Å². The van der Waals surface area contributed by atoms with Gasteiger partial charge in [0.15, 0.2) is 0 Å². The van der Waals surface area contributed by atoms with Gasteiger partial charge in [0.05, 0.1) is 35.5 Å². The van der Waals surface area contributed by atoms with Crippen LogP contribution in [0.3, 0.4) is 0 Å².